The van der Waals surface area contributed by atoms with E-state index < -0.39 is 0 Å². The Morgan fingerprint density at radius 3 is 2.73 bits per heavy atom. The Morgan fingerprint density at radius 1 is 1.27 bits per heavy atom. The highest BCUT2D eigenvalue weighted by Gasteiger charge is 2.28. The summed E-state index contributed by atoms with van der Waals surface area (Å²) in [6, 6.07) is 8.53. The Hall–Kier alpha value is -0.490. The molecule has 0 aromatic heterocycles. The van der Waals surface area contributed by atoms with E-state index in [1.165, 1.54) is 5.69 Å². The molecule has 0 spiro atoms. The van der Waals surface area contributed by atoms with Crippen LogP contribution in [0.2, 0.25) is 0 Å². The highest BCUT2D eigenvalue weighted by Crippen LogP contribution is 2.28. The van der Waals surface area contributed by atoms with Crippen molar-refractivity contribution in [1.82, 2.24) is 10.6 Å². The van der Waals surface area contributed by atoms with Crippen LogP contribution < -0.4 is 15.5 Å². The molecule has 0 bridgehead atoms. The summed E-state index contributed by atoms with van der Waals surface area (Å²) >= 11 is 3.59. The fourth-order valence-corrected chi connectivity index (χ4v) is 3.54. The van der Waals surface area contributed by atoms with Crippen LogP contribution in [0.3, 0.4) is 0 Å². The van der Waals surface area contributed by atoms with E-state index in [0.717, 1.165) is 43.5 Å². The van der Waals surface area contributed by atoms with Crippen LogP contribution in [-0.4, -0.2) is 38.1 Å². The number of rotatable bonds is 3. The number of carbonyl (C=O) groups is 1. The fourth-order valence-electron chi connectivity index (χ4n) is 3.00. The number of halogens is 3. The predicted molar refractivity (Wildman–Crippen MR) is 98.4 cm³/mol. The quantitative estimate of drug-likeness (QED) is 0.804. The van der Waals surface area contributed by atoms with Crippen molar-refractivity contribution in [3.8, 4) is 0 Å². The molecule has 2 aliphatic heterocycles. The highest BCUT2D eigenvalue weighted by molar-refractivity contribution is 9.10. The van der Waals surface area contributed by atoms with Gasteiger partial charge in [-0.15, -0.1) is 24.8 Å². The number of nitrogens with one attached hydrogen (secondary N) is 2. The second-order valence-corrected chi connectivity index (χ2v) is 6.44. The molecule has 2 unspecified atom stereocenters. The first-order chi connectivity index (χ1) is 9.74. The molecule has 4 nitrogen and oxygen atoms in total. The molecule has 0 radical (unpaired) electrons. The third kappa shape index (κ3) is 4.51. The van der Waals surface area contributed by atoms with Gasteiger partial charge in [0.05, 0.1) is 11.6 Å². The molecule has 2 saturated heterocycles. The number of benzene rings is 1. The minimum Gasteiger partial charge on any atom is -0.368 e. The van der Waals surface area contributed by atoms with Crippen LogP contribution in [-0.2, 0) is 4.79 Å². The summed E-state index contributed by atoms with van der Waals surface area (Å²) in [6.07, 6.45) is 1.99. The molecule has 0 saturated carbocycles. The number of anilines is 1. The highest BCUT2D eigenvalue weighted by atomic mass is 79.9. The molecule has 2 aliphatic rings. The third-order valence-corrected chi connectivity index (χ3v) is 4.83. The van der Waals surface area contributed by atoms with Crippen LogP contribution in [0.15, 0.2) is 28.7 Å². The second kappa shape index (κ2) is 8.96. The van der Waals surface area contributed by atoms with E-state index in [1.807, 2.05) is 6.07 Å². The number of hydrogen-bond donors (Lipinski definition) is 2. The zero-order valence-corrected chi connectivity index (χ0v) is 15.5. The lowest BCUT2D eigenvalue weighted by Crippen LogP contribution is -2.41. The normalized spacial score (nSPS) is 23.6. The van der Waals surface area contributed by atoms with Gasteiger partial charge in [-0.05, 0) is 47.4 Å². The van der Waals surface area contributed by atoms with Gasteiger partial charge in [0.25, 0.3) is 0 Å². The molecule has 2 atom stereocenters. The first kappa shape index (κ1) is 19.6. The number of amides is 1. The van der Waals surface area contributed by atoms with Gasteiger partial charge < -0.3 is 15.5 Å². The maximum Gasteiger partial charge on any atom is 0.224 e. The van der Waals surface area contributed by atoms with Crippen molar-refractivity contribution in [3.63, 3.8) is 0 Å². The van der Waals surface area contributed by atoms with Gasteiger partial charge in [0, 0.05) is 30.1 Å². The van der Waals surface area contributed by atoms with Crippen LogP contribution in [0.5, 0.6) is 0 Å². The smallest absolute Gasteiger partial charge is 0.224 e. The van der Waals surface area contributed by atoms with Gasteiger partial charge in [0.1, 0.15) is 0 Å². The summed E-state index contributed by atoms with van der Waals surface area (Å²) in [4.78, 5) is 14.5. The van der Waals surface area contributed by atoms with E-state index in [2.05, 4.69) is 49.7 Å². The van der Waals surface area contributed by atoms with Crippen molar-refractivity contribution < 1.29 is 4.79 Å². The zero-order chi connectivity index (χ0) is 13.9. The summed E-state index contributed by atoms with van der Waals surface area (Å²) in [5.74, 6) is 0.376. The van der Waals surface area contributed by atoms with Crippen LogP contribution in [0, 0.1) is 5.92 Å². The van der Waals surface area contributed by atoms with E-state index in [1.54, 1.807) is 0 Å². The van der Waals surface area contributed by atoms with E-state index >= 15 is 0 Å². The lowest BCUT2D eigenvalue weighted by Gasteiger charge is -2.21. The molecule has 3 rings (SSSR count). The Kier molecular flexibility index (Phi) is 7.97. The molecule has 2 N–H and O–H groups in total. The second-order valence-electron chi connectivity index (χ2n) is 5.58. The summed E-state index contributed by atoms with van der Waals surface area (Å²) < 4.78 is 1.12. The first-order valence-electron chi connectivity index (χ1n) is 7.24. The van der Waals surface area contributed by atoms with Crippen molar-refractivity contribution in [3.05, 3.63) is 28.7 Å². The molecule has 7 heteroatoms. The molecule has 22 heavy (non-hydrogen) atoms. The summed E-state index contributed by atoms with van der Waals surface area (Å²) in [6.45, 7) is 3.68. The molecular weight excluding hydrogens is 389 g/mol. The molecule has 2 fully saturated rings. The van der Waals surface area contributed by atoms with Crippen LogP contribution in [0.25, 0.3) is 0 Å². The largest absolute Gasteiger partial charge is 0.368 e. The lowest BCUT2D eigenvalue weighted by atomic mass is 10.1. The standard InChI is InChI=1S/C15H20BrN3O.2ClH/c16-13-3-1-2-4-14(13)19-8-6-12(10-19)18-15(20)11-5-7-17-9-11;;/h1-4,11-12,17H,5-10H2,(H,18,20);2*1H. The topological polar surface area (TPSA) is 44.4 Å². The summed E-state index contributed by atoms with van der Waals surface area (Å²) in [5.41, 5.74) is 1.21. The van der Waals surface area contributed by atoms with Gasteiger partial charge in [-0.2, -0.15) is 0 Å². The van der Waals surface area contributed by atoms with Crippen molar-refractivity contribution in [2.75, 3.05) is 31.1 Å². The lowest BCUT2D eigenvalue weighted by molar-refractivity contribution is -0.125. The van der Waals surface area contributed by atoms with Gasteiger partial charge in [0.15, 0.2) is 0 Å². The molecule has 1 aromatic rings. The predicted octanol–water partition coefficient (Wildman–Crippen LogP) is 2.60. The Balaban J connectivity index is 0.00000121. The summed E-state index contributed by atoms with van der Waals surface area (Å²) in [5, 5.41) is 6.45. The number of para-hydroxylation sites is 1. The van der Waals surface area contributed by atoms with E-state index in [0.29, 0.717) is 0 Å². The zero-order valence-electron chi connectivity index (χ0n) is 12.3. The minimum absolute atomic E-state index is 0. The Morgan fingerprint density at radius 2 is 2.05 bits per heavy atom. The van der Waals surface area contributed by atoms with Gasteiger partial charge in [-0.1, -0.05) is 12.1 Å². The van der Waals surface area contributed by atoms with Crippen molar-refractivity contribution >= 4 is 52.3 Å². The molecule has 1 aromatic carbocycles. The van der Waals surface area contributed by atoms with E-state index in [4.69, 9.17) is 0 Å². The minimum atomic E-state index is 0. The molecule has 124 valence electrons. The number of nitrogens with zero attached hydrogens (tertiary/aromatic N) is 1. The average Bonchev–Trinajstić information content (AvgIpc) is 3.10. The van der Waals surface area contributed by atoms with Gasteiger partial charge in [0.2, 0.25) is 5.91 Å². The van der Waals surface area contributed by atoms with Gasteiger partial charge in [-0.25, -0.2) is 0 Å². The molecule has 1 amide bonds. The third-order valence-electron chi connectivity index (χ3n) is 4.16. The number of carbonyl (C=O) groups excluding carboxylic acids is 1. The van der Waals surface area contributed by atoms with Crippen LogP contribution >= 0.6 is 40.7 Å². The monoisotopic (exact) mass is 409 g/mol. The maximum absolute atomic E-state index is 12.1. The summed E-state index contributed by atoms with van der Waals surface area (Å²) in [7, 11) is 0. The SMILES string of the molecule is Cl.Cl.O=C(NC1CCN(c2ccccc2Br)C1)C1CCNC1. The van der Waals surface area contributed by atoms with E-state index in [-0.39, 0.29) is 42.7 Å². The van der Waals surface area contributed by atoms with Gasteiger partial charge >= 0.3 is 0 Å². The van der Waals surface area contributed by atoms with Crippen LogP contribution in [0.4, 0.5) is 5.69 Å². The van der Waals surface area contributed by atoms with Crippen molar-refractivity contribution in [2.45, 2.75) is 18.9 Å². The first-order valence-corrected chi connectivity index (χ1v) is 8.04. The van der Waals surface area contributed by atoms with Crippen molar-refractivity contribution in [1.29, 1.82) is 0 Å². The van der Waals surface area contributed by atoms with E-state index in [9.17, 15) is 4.79 Å². The van der Waals surface area contributed by atoms with Crippen LogP contribution in [0.1, 0.15) is 12.8 Å². The molecule has 2 heterocycles. The Labute approximate surface area is 152 Å². The van der Waals surface area contributed by atoms with Crippen molar-refractivity contribution in [2.24, 2.45) is 5.92 Å². The number of hydrogen-bond acceptors (Lipinski definition) is 3. The Bertz CT molecular complexity index is 497. The molecular formula is C15H22BrCl2N3O. The fraction of sp³-hybridized carbons (Fsp3) is 0.533. The maximum atomic E-state index is 12.1. The average molecular weight is 411 g/mol. The van der Waals surface area contributed by atoms with Gasteiger partial charge in [-0.3, -0.25) is 4.79 Å². The molecule has 0 aliphatic carbocycles.